The molecular weight excluding hydrogens is 337 g/mol. The van der Waals surface area contributed by atoms with Crippen LogP contribution in [-0.4, -0.2) is 27.3 Å². The van der Waals surface area contributed by atoms with Gasteiger partial charge in [-0.2, -0.15) is 0 Å². The fourth-order valence-electron chi connectivity index (χ4n) is 3.73. The lowest BCUT2D eigenvalue weighted by molar-refractivity contribution is -0.134. The van der Waals surface area contributed by atoms with Crippen molar-refractivity contribution < 1.29 is 9.18 Å². The van der Waals surface area contributed by atoms with Crippen LogP contribution in [0.15, 0.2) is 29.8 Å². The smallest absolute Gasteiger partial charge is 0.227 e. The molecule has 3 aromatic rings. The highest BCUT2D eigenvalue weighted by molar-refractivity contribution is 7.09. The number of carbonyl (C=O) groups is 1. The first-order valence-electron chi connectivity index (χ1n) is 8.59. The molecule has 0 bridgehead atoms. The van der Waals surface area contributed by atoms with Gasteiger partial charge in [-0.25, -0.2) is 9.37 Å². The molecule has 1 fully saturated rings. The number of para-hydroxylation sites is 1. The molecule has 4 nitrogen and oxygen atoms in total. The number of rotatable bonds is 3. The third-order valence-corrected chi connectivity index (χ3v) is 5.87. The molecule has 1 atom stereocenters. The maximum atomic E-state index is 14.0. The van der Waals surface area contributed by atoms with Gasteiger partial charge < -0.3 is 9.88 Å². The lowest BCUT2D eigenvalue weighted by Crippen LogP contribution is -2.39. The number of likely N-dealkylation sites (tertiary alicyclic amines) is 1. The Bertz CT molecular complexity index is 903. The van der Waals surface area contributed by atoms with Crippen LogP contribution in [0.3, 0.4) is 0 Å². The third kappa shape index (κ3) is 2.95. The van der Waals surface area contributed by atoms with Crippen LogP contribution in [0.5, 0.6) is 0 Å². The molecule has 1 aliphatic rings. The SMILES string of the molecule is Cc1[nH]c2c(F)cccc2c1CC(=O)N1CCCCC1c1nccs1. The van der Waals surface area contributed by atoms with Crippen molar-refractivity contribution in [2.75, 3.05) is 6.54 Å². The number of aromatic amines is 1. The van der Waals surface area contributed by atoms with Gasteiger partial charge in [0, 0.05) is 29.2 Å². The van der Waals surface area contributed by atoms with E-state index >= 15 is 0 Å². The highest BCUT2D eigenvalue weighted by Crippen LogP contribution is 2.33. The van der Waals surface area contributed by atoms with Crippen LogP contribution in [0.4, 0.5) is 4.39 Å². The Hall–Kier alpha value is -2.21. The quantitative estimate of drug-likeness (QED) is 0.757. The number of nitrogens with zero attached hydrogens (tertiary/aromatic N) is 2. The Kier molecular flexibility index (Phi) is 4.29. The Morgan fingerprint density at radius 3 is 3.12 bits per heavy atom. The van der Waals surface area contributed by atoms with Crippen molar-refractivity contribution in [1.82, 2.24) is 14.9 Å². The summed E-state index contributed by atoms with van der Waals surface area (Å²) < 4.78 is 14.0. The number of carbonyl (C=O) groups excluding carboxylic acids is 1. The van der Waals surface area contributed by atoms with Gasteiger partial charge in [-0.15, -0.1) is 11.3 Å². The molecule has 1 amide bonds. The molecule has 0 saturated carbocycles. The number of hydrogen-bond acceptors (Lipinski definition) is 3. The summed E-state index contributed by atoms with van der Waals surface area (Å²) >= 11 is 1.61. The molecule has 0 radical (unpaired) electrons. The van der Waals surface area contributed by atoms with E-state index in [1.54, 1.807) is 23.6 Å². The zero-order chi connectivity index (χ0) is 17.4. The molecule has 1 saturated heterocycles. The molecule has 1 aromatic carbocycles. The third-order valence-electron chi connectivity index (χ3n) is 4.99. The average molecular weight is 357 g/mol. The van der Waals surface area contributed by atoms with E-state index in [9.17, 15) is 9.18 Å². The number of hydrogen-bond donors (Lipinski definition) is 1. The predicted octanol–water partition coefficient (Wildman–Crippen LogP) is 4.37. The first-order valence-corrected chi connectivity index (χ1v) is 9.47. The summed E-state index contributed by atoms with van der Waals surface area (Å²) in [6.45, 7) is 2.66. The van der Waals surface area contributed by atoms with Gasteiger partial charge in [0.05, 0.1) is 18.0 Å². The summed E-state index contributed by atoms with van der Waals surface area (Å²) in [5, 5.41) is 3.77. The van der Waals surface area contributed by atoms with Crippen molar-refractivity contribution >= 4 is 28.1 Å². The van der Waals surface area contributed by atoms with Crippen LogP contribution in [0.2, 0.25) is 0 Å². The molecule has 0 spiro atoms. The van der Waals surface area contributed by atoms with Crippen molar-refractivity contribution in [2.24, 2.45) is 0 Å². The second kappa shape index (κ2) is 6.59. The average Bonchev–Trinajstić information content (AvgIpc) is 3.25. The van der Waals surface area contributed by atoms with E-state index < -0.39 is 0 Å². The van der Waals surface area contributed by atoms with E-state index in [2.05, 4.69) is 9.97 Å². The second-order valence-electron chi connectivity index (χ2n) is 6.54. The van der Waals surface area contributed by atoms with E-state index in [1.807, 2.05) is 23.3 Å². The zero-order valence-electron chi connectivity index (χ0n) is 14.1. The minimum Gasteiger partial charge on any atom is -0.356 e. The first kappa shape index (κ1) is 16.3. The van der Waals surface area contributed by atoms with E-state index in [1.165, 1.54) is 6.07 Å². The summed E-state index contributed by atoms with van der Waals surface area (Å²) in [5.74, 6) is -0.189. The number of nitrogens with one attached hydrogen (secondary N) is 1. The maximum absolute atomic E-state index is 14.0. The van der Waals surface area contributed by atoms with E-state index in [0.29, 0.717) is 5.52 Å². The van der Waals surface area contributed by atoms with Crippen molar-refractivity contribution in [2.45, 2.75) is 38.6 Å². The molecule has 1 aliphatic heterocycles. The van der Waals surface area contributed by atoms with Crippen LogP contribution in [0.25, 0.3) is 10.9 Å². The van der Waals surface area contributed by atoms with Crippen molar-refractivity contribution in [1.29, 1.82) is 0 Å². The molecule has 6 heteroatoms. The molecule has 0 aliphatic carbocycles. The number of benzene rings is 1. The standard InChI is InChI=1S/C19H20FN3OS/c1-12-14(13-5-4-6-15(20)18(13)22-12)11-17(24)23-9-3-2-7-16(23)19-21-8-10-25-19/h4-6,8,10,16,22H,2-3,7,9,11H2,1H3. The highest BCUT2D eigenvalue weighted by Gasteiger charge is 2.30. The van der Waals surface area contributed by atoms with E-state index in [0.717, 1.165) is 47.5 Å². The highest BCUT2D eigenvalue weighted by atomic mass is 32.1. The second-order valence-corrected chi connectivity index (χ2v) is 7.46. The lowest BCUT2D eigenvalue weighted by atomic mass is 10.0. The molecule has 1 N–H and O–H groups in total. The number of piperidine rings is 1. The van der Waals surface area contributed by atoms with Gasteiger partial charge >= 0.3 is 0 Å². The number of aromatic nitrogens is 2. The Labute approximate surface area is 149 Å². The van der Waals surface area contributed by atoms with Crippen LogP contribution >= 0.6 is 11.3 Å². The minimum atomic E-state index is -0.280. The summed E-state index contributed by atoms with van der Waals surface area (Å²) in [4.78, 5) is 22.5. The number of fused-ring (bicyclic) bond motifs is 1. The van der Waals surface area contributed by atoms with Gasteiger partial charge in [0.15, 0.2) is 0 Å². The van der Waals surface area contributed by atoms with Gasteiger partial charge in [-0.3, -0.25) is 4.79 Å². The summed E-state index contributed by atoms with van der Waals surface area (Å²) in [6.07, 6.45) is 5.18. The van der Waals surface area contributed by atoms with Crippen molar-refractivity contribution in [3.05, 3.63) is 51.9 Å². The first-order chi connectivity index (χ1) is 12.1. The zero-order valence-corrected chi connectivity index (χ0v) is 14.9. The van der Waals surface area contributed by atoms with Crippen LogP contribution < -0.4 is 0 Å². The van der Waals surface area contributed by atoms with Crippen molar-refractivity contribution in [3.8, 4) is 0 Å². The van der Waals surface area contributed by atoms with E-state index in [-0.39, 0.29) is 24.2 Å². The summed E-state index contributed by atoms with van der Waals surface area (Å²) in [7, 11) is 0. The molecule has 3 heterocycles. The largest absolute Gasteiger partial charge is 0.356 e. The summed E-state index contributed by atoms with van der Waals surface area (Å²) in [5.41, 5.74) is 2.23. The molecule has 25 heavy (non-hydrogen) atoms. The van der Waals surface area contributed by atoms with Gasteiger partial charge in [0.1, 0.15) is 10.8 Å². The van der Waals surface area contributed by atoms with Crippen molar-refractivity contribution in [3.63, 3.8) is 0 Å². The summed E-state index contributed by atoms with van der Waals surface area (Å²) in [6, 6.07) is 5.08. The molecule has 2 aromatic heterocycles. The molecular formula is C19H20FN3OS. The minimum absolute atomic E-state index is 0.0727. The number of halogens is 1. The lowest BCUT2D eigenvalue weighted by Gasteiger charge is -2.34. The van der Waals surface area contributed by atoms with Crippen LogP contribution in [-0.2, 0) is 11.2 Å². The Morgan fingerprint density at radius 2 is 2.32 bits per heavy atom. The number of H-pyrrole nitrogens is 1. The number of aryl methyl sites for hydroxylation is 1. The monoisotopic (exact) mass is 357 g/mol. The topological polar surface area (TPSA) is 49.0 Å². The Balaban J connectivity index is 1.63. The van der Waals surface area contributed by atoms with Crippen LogP contribution in [0.1, 0.15) is 41.6 Å². The van der Waals surface area contributed by atoms with E-state index in [4.69, 9.17) is 0 Å². The Morgan fingerprint density at radius 1 is 1.44 bits per heavy atom. The van der Waals surface area contributed by atoms with Gasteiger partial charge in [0.2, 0.25) is 5.91 Å². The number of amides is 1. The van der Waals surface area contributed by atoms with Gasteiger partial charge in [0.25, 0.3) is 0 Å². The molecule has 4 rings (SSSR count). The normalized spacial score (nSPS) is 18.0. The maximum Gasteiger partial charge on any atom is 0.227 e. The van der Waals surface area contributed by atoms with Gasteiger partial charge in [-0.05, 0) is 37.8 Å². The fraction of sp³-hybridized carbons (Fsp3) is 0.368. The van der Waals surface area contributed by atoms with Gasteiger partial charge in [-0.1, -0.05) is 12.1 Å². The fourth-order valence-corrected chi connectivity index (χ4v) is 4.52. The van der Waals surface area contributed by atoms with Crippen LogP contribution in [0, 0.1) is 12.7 Å². The predicted molar refractivity (Wildman–Crippen MR) is 97.1 cm³/mol. The number of thiazole rings is 1. The molecule has 130 valence electrons. The molecule has 1 unspecified atom stereocenters.